The van der Waals surface area contributed by atoms with Gasteiger partial charge in [0.2, 0.25) is 23.6 Å². The molecule has 0 saturated carbocycles. The van der Waals surface area contributed by atoms with Crippen LogP contribution in [0.1, 0.15) is 194 Å². The zero-order valence-electron chi connectivity index (χ0n) is 38.5. The minimum absolute atomic E-state index is 0.0326. The number of allylic oxidation sites excluding steroid dienone is 6. The fourth-order valence-corrected chi connectivity index (χ4v) is 8.33. The molecule has 342 valence electrons. The first-order valence-corrected chi connectivity index (χ1v) is 24.0. The highest BCUT2D eigenvalue weighted by molar-refractivity contribution is 5.87. The van der Waals surface area contributed by atoms with E-state index in [0.29, 0.717) is 78.0 Å². The zero-order valence-corrected chi connectivity index (χ0v) is 38.5. The van der Waals surface area contributed by atoms with E-state index in [-0.39, 0.29) is 23.6 Å². The molecule has 10 heteroatoms. The normalized spacial score (nSPS) is 15.0. The van der Waals surface area contributed by atoms with Crippen LogP contribution in [0.3, 0.4) is 0 Å². The van der Waals surface area contributed by atoms with Gasteiger partial charge in [-0.3, -0.25) is 19.2 Å². The monoisotopic (exact) mass is 839 g/mol. The third-order valence-electron chi connectivity index (χ3n) is 12.1. The summed E-state index contributed by atoms with van der Waals surface area (Å²) in [5, 5.41) is 11.9. The van der Waals surface area contributed by atoms with E-state index >= 15 is 0 Å². The lowest BCUT2D eigenvalue weighted by molar-refractivity contribution is -0.129. The largest absolute Gasteiger partial charge is 0.384 e. The van der Waals surface area contributed by atoms with Crippen LogP contribution in [0.4, 0.5) is 0 Å². The van der Waals surface area contributed by atoms with Gasteiger partial charge in [-0.2, -0.15) is 0 Å². The summed E-state index contributed by atoms with van der Waals surface area (Å²) in [6.07, 6.45) is 27.6. The van der Waals surface area contributed by atoms with Gasteiger partial charge in [-0.1, -0.05) is 86.8 Å². The van der Waals surface area contributed by atoms with Crippen molar-refractivity contribution in [2.75, 3.05) is 46.6 Å². The molecule has 2 rings (SSSR count). The number of carbonyl (C=O) groups excluding carboxylic acids is 4. The Bertz CT molecular complexity index is 1350. The Hall–Kier alpha value is -3.24. The molecule has 0 bridgehead atoms. The van der Waals surface area contributed by atoms with E-state index in [2.05, 4.69) is 48.3 Å². The molecule has 0 fully saturated rings. The molecular formula is C50H86N4O6. The van der Waals surface area contributed by atoms with Crippen LogP contribution in [0.15, 0.2) is 46.6 Å². The summed E-state index contributed by atoms with van der Waals surface area (Å²) < 4.78 is 10.6. The Balaban J connectivity index is 1.62. The molecule has 0 saturated heterocycles. The Morgan fingerprint density at radius 1 is 0.533 bits per heavy atom. The van der Waals surface area contributed by atoms with Gasteiger partial charge in [-0.25, -0.2) is 0 Å². The number of nitrogens with one attached hydrogen (secondary N) is 4. The Labute approximate surface area is 365 Å². The van der Waals surface area contributed by atoms with Crippen molar-refractivity contribution >= 4 is 23.6 Å². The number of unbranched alkanes of at least 4 members (excludes halogenated alkanes) is 11. The number of ether oxygens (including phenoxy) is 2. The highest BCUT2D eigenvalue weighted by Gasteiger charge is 2.20. The lowest BCUT2D eigenvalue weighted by Gasteiger charge is -2.20. The van der Waals surface area contributed by atoms with Crippen molar-refractivity contribution in [3.8, 4) is 0 Å². The second-order valence-corrected chi connectivity index (χ2v) is 17.3. The topological polar surface area (TPSA) is 135 Å². The maximum absolute atomic E-state index is 13.2. The van der Waals surface area contributed by atoms with Gasteiger partial charge in [0.1, 0.15) is 6.04 Å². The summed E-state index contributed by atoms with van der Waals surface area (Å²) in [5.74, 6) is -0.201. The van der Waals surface area contributed by atoms with Gasteiger partial charge in [0, 0.05) is 59.2 Å². The predicted molar refractivity (Wildman–Crippen MR) is 247 cm³/mol. The molecule has 10 nitrogen and oxygen atoms in total. The van der Waals surface area contributed by atoms with Crippen LogP contribution in [0.25, 0.3) is 0 Å². The number of hydrogen-bond acceptors (Lipinski definition) is 6. The maximum atomic E-state index is 13.2. The second kappa shape index (κ2) is 34.4. The Morgan fingerprint density at radius 3 is 1.53 bits per heavy atom. The second-order valence-electron chi connectivity index (χ2n) is 17.3. The van der Waals surface area contributed by atoms with Crippen LogP contribution in [0.5, 0.6) is 0 Å². The number of amides is 4. The molecule has 2 aliphatic carbocycles. The molecule has 2 aliphatic rings. The van der Waals surface area contributed by atoms with Crippen LogP contribution in [-0.4, -0.2) is 76.2 Å². The first-order chi connectivity index (χ1) is 29.1. The fourth-order valence-electron chi connectivity index (χ4n) is 8.33. The Kier molecular flexibility index (Phi) is 30.3. The minimum Gasteiger partial charge on any atom is -0.384 e. The average Bonchev–Trinajstić information content (AvgIpc) is 3.22. The molecule has 60 heavy (non-hydrogen) atoms. The maximum Gasteiger partial charge on any atom is 0.242 e. The van der Waals surface area contributed by atoms with Crippen molar-refractivity contribution in [1.29, 1.82) is 0 Å². The third-order valence-corrected chi connectivity index (χ3v) is 12.1. The van der Waals surface area contributed by atoms with Gasteiger partial charge in [0.05, 0.1) is 6.61 Å². The minimum atomic E-state index is -0.606. The fraction of sp³-hybridized carbons (Fsp3) is 0.760. The number of methoxy groups -OCH3 is 1. The average molecular weight is 839 g/mol. The summed E-state index contributed by atoms with van der Waals surface area (Å²) in [6, 6.07) is -0.606. The van der Waals surface area contributed by atoms with E-state index in [9.17, 15) is 19.2 Å². The van der Waals surface area contributed by atoms with Crippen LogP contribution in [0, 0.1) is 0 Å². The van der Waals surface area contributed by atoms with Crippen molar-refractivity contribution in [2.24, 2.45) is 0 Å². The van der Waals surface area contributed by atoms with Crippen molar-refractivity contribution in [3.05, 3.63) is 46.6 Å². The molecular weight excluding hydrogens is 753 g/mol. The van der Waals surface area contributed by atoms with Gasteiger partial charge in [0.25, 0.3) is 0 Å². The zero-order chi connectivity index (χ0) is 43.6. The highest BCUT2D eigenvalue weighted by Crippen LogP contribution is 2.33. The van der Waals surface area contributed by atoms with Crippen LogP contribution in [-0.2, 0) is 28.7 Å². The number of hydrogen-bond donors (Lipinski definition) is 4. The molecule has 1 unspecified atom stereocenters. The quantitative estimate of drug-likeness (QED) is 0.0464. The van der Waals surface area contributed by atoms with E-state index in [1.165, 1.54) is 110 Å². The SMILES string of the molecule is C=C1CCCC(C)=C1CCCCCCCCC(=O)NCCCCC(NC(=O)CCCCCCCCC1=C(C)CCCC1=C)C(=O)NCCCOCCCNC(=O)CCOC. The van der Waals surface area contributed by atoms with Gasteiger partial charge in [-0.15, -0.1) is 0 Å². The van der Waals surface area contributed by atoms with Crippen LogP contribution in [0.2, 0.25) is 0 Å². The third kappa shape index (κ3) is 25.5. The lowest BCUT2D eigenvalue weighted by atomic mass is 9.86. The molecule has 0 aliphatic heterocycles. The molecule has 1 atom stereocenters. The molecule has 0 aromatic rings. The molecule has 0 radical (unpaired) electrons. The van der Waals surface area contributed by atoms with Gasteiger partial charge < -0.3 is 30.7 Å². The lowest BCUT2D eigenvalue weighted by Crippen LogP contribution is -2.47. The van der Waals surface area contributed by atoms with E-state index in [0.717, 1.165) is 64.2 Å². The summed E-state index contributed by atoms with van der Waals surface area (Å²) >= 11 is 0. The molecule has 0 heterocycles. The summed E-state index contributed by atoms with van der Waals surface area (Å²) in [7, 11) is 1.57. The Morgan fingerprint density at radius 2 is 1.00 bits per heavy atom. The molecule has 0 spiro atoms. The summed E-state index contributed by atoms with van der Waals surface area (Å²) in [4.78, 5) is 50.3. The number of carbonyl (C=O) groups is 4. The van der Waals surface area contributed by atoms with Crippen molar-refractivity contribution in [2.45, 2.75) is 200 Å². The van der Waals surface area contributed by atoms with Crippen LogP contribution >= 0.6 is 0 Å². The van der Waals surface area contributed by atoms with Crippen molar-refractivity contribution in [1.82, 2.24) is 21.3 Å². The van der Waals surface area contributed by atoms with E-state index < -0.39 is 6.04 Å². The van der Waals surface area contributed by atoms with Crippen LogP contribution < -0.4 is 21.3 Å². The van der Waals surface area contributed by atoms with E-state index in [1.54, 1.807) is 7.11 Å². The summed E-state index contributed by atoms with van der Waals surface area (Å²) in [6.45, 7) is 16.1. The van der Waals surface area contributed by atoms with E-state index in [1.807, 2.05) is 0 Å². The number of rotatable bonds is 36. The predicted octanol–water partition coefficient (Wildman–Crippen LogP) is 10.2. The van der Waals surface area contributed by atoms with Gasteiger partial charge in [-0.05, 0) is 134 Å². The first kappa shape index (κ1) is 52.9. The van der Waals surface area contributed by atoms with Crippen molar-refractivity contribution < 1.29 is 28.7 Å². The smallest absolute Gasteiger partial charge is 0.242 e. The first-order valence-electron chi connectivity index (χ1n) is 24.0. The van der Waals surface area contributed by atoms with Gasteiger partial charge in [0.15, 0.2) is 0 Å². The highest BCUT2D eigenvalue weighted by atomic mass is 16.5. The molecule has 0 aromatic heterocycles. The molecule has 4 amide bonds. The van der Waals surface area contributed by atoms with E-state index in [4.69, 9.17) is 9.47 Å². The summed E-state index contributed by atoms with van der Waals surface area (Å²) in [5.41, 5.74) is 8.79. The van der Waals surface area contributed by atoms with Crippen molar-refractivity contribution in [3.63, 3.8) is 0 Å². The molecule has 0 aromatic carbocycles. The standard InChI is InChI=1S/C50H86N4O6/c1-40-24-20-25-41(2)44(40)28-14-10-6-8-12-16-31-47(55)51-34-19-18-30-46(50(58)53-36-23-38-60-37-22-35-52-48(56)33-39-59-5)54-49(57)32-17-13-9-7-11-15-29-45-42(3)26-21-27-43(45)4/h46H,1,3,6-39H2,2,4-5H3,(H,51,55)(H,52,56)(H,53,58)(H,54,57). The molecule has 4 N–H and O–H groups in total. The van der Waals surface area contributed by atoms with Gasteiger partial charge >= 0.3 is 0 Å².